The molecule has 0 saturated carbocycles. The Kier molecular flexibility index (Phi) is 6.54. The molecular formula is C23H23NO6. The lowest BCUT2D eigenvalue weighted by molar-refractivity contribution is -0.140. The van der Waals surface area contributed by atoms with E-state index in [-0.39, 0.29) is 24.5 Å². The maximum absolute atomic E-state index is 12.8. The zero-order chi connectivity index (χ0) is 21.7. The van der Waals surface area contributed by atoms with Gasteiger partial charge in [-0.3, -0.25) is 9.59 Å². The van der Waals surface area contributed by atoms with Gasteiger partial charge in [-0.05, 0) is 42.0 Å². The van der Waals surface area contributed by atoms with E-state index in [2.05, 4.69) is 6.58 Å². The first-order chi connectivity index (χ1) is 14.5. The molecule has 2 N–H and O–H groups in total. The van der Waals surface area contributed by atoms with Gasteiger partial charge in [-0.2, -0.15) is 0 Å². The van der Waals surface area contributed by atoms with E-state index in [9.17, 15) is 19.8 Å². The van der Waals surface area contributed by atoms with Crippen LogP contribution in [0.3, 0.4) is 0 Å². The fourth-order valence-electron chi connectivity index (χ4n) is 3.40. The molecular weight excluding hydrogens is 386 g/mol. The zero-order valence-corrected chi connectivity index (χ0v) is 16.6. The van der Waals surface area contributed by atoms with Gasteiger partial charge in [0.05, 0.1) is 25.3 Å². The summed E-state index contributed by atoms with van der Waals surface area (Å²) in [7, 11) is 1.51. The summed E-state index contributed by atoms with van der Waals surface area (Å²) in [5.41, 5.74) is 0.923. The minimum atomic E-state index is -0.844. The number of amides is 1. The molecule has 0 aromatic heterocycles. The van der Waals surface area contributed by atoms with Gasteiger partial charge >= 0.3 is 0 Å². The van der Waals surface area contributed by atoms with Crippen LogP contribution in [0.5, 0.6) is 11.5 Å². The molecule has 0 bridgehead atoms. The molecule has 1 aliphatic heterocycles. The first-order valence-corrected chi connectivity index (χ1v) is 9.39. The Morgan fingerprint density at radius 1 is 1.17 bits per heavy atom. The Morgan fingerprint density at radius 3 is 2.53 bits per heavy atom. The van der Waals surface area contributed by atoms with Crippen molar-refractivity contribution in [2.24, 2.45) is 0 Å². The van der Waals surface area contributed by atoms with Gasteiger partial charge in [0.15, 0.2) is 0 Å². The summed E-state index contributed by atoms with van der Waals surface area (Å²) in [6, 6.07) is 12.6. The van der Waals surface area contributed by atoms with Crippen LogP contribution in [0.1, 0.15) is 17.2 Å². The third-order valence-electron chi connectivity index (χ3n) is 4.79. The van der Waals surface area contributed by atoms with Crippen LogP contribution in [0.25, 0.3) is 5.76 Å². The number of rotatable bonds is 8. The Labute approximate surface area is 174 Å². The summed E-state index contributed by atoms with van der Waals surface area (Å²) < 4.78 is 10.7. The Balaban J connectivity index is 2.09. The number of carbonyl (C=O) groups is 2. The minimum absolute atomic E-state index is 0.0403. The van der Waals surface area contributed by atoms with E-state index < -0.39 is 17.7 Å². The molecule has 1 unspecified atom stereocenters. The van der Waals surface area contributed by atoms with E-state index in [0.717, 1.165) is 0 Å². The van der Waals surface area contributed by atoms with Crippen LogP contribution in [0.2, 0.25) is 0 Å². The number of hydrogen-bond acceptors (Lipinski definition) is 6. The second kappa shape index (κ2) is 9.28. The van der Waals surface area contributed by atoms with E-state index in [1.54, 1.807) is 54.6 Å². The number of likely N-dealkylation sites (tertiary alicyclic amines) is 1. The van der Waals surface area contributed by atoms with Crippen LogP contribution in [0, 0.1) is 0 Å². The van der Waals surface area contributed by atoms with Gasteiger partial charge in [0.1, 0.15) is 23.9 Å². The SMILES string of the molecule is C=CCOc1ccc(/C(O)=C2\C(=O)C(=O)N(CCO)C2c2cccc(OC)c2)cc1. The van der Waals surface area contributed by atoms with Crippen molar-refractivity contribution in [1.82, 2.24) is 4.90 Å². The van der Waals surface area contributed by atoms with Gasteiger partial charge in [-0.1, -0.05) is 24.8 Å². The quantitative estimate of drug-likeness (QED) is 0.301. The second-order valence-corrected chi connectivity index (χ2v) is 6.62. The first kappa shape index (κ1) is 21.1. The minimum Gasteiger partial charge on any atom is -0.507 e. The Bertz CT molecular complexity index is 979. The molecule has 0 radical (unpaired) electrons. The smallest absolute Gasteiger partial charge is 0.295 e. The highest BCUT2D eigenvalue weighted by Crippen LogP contribution is 2.40. The van der Waals surface area contributed by atoms with Crippen LogP contribution >= 0.6 is 0 Å². The van der Waals surface area contributed by atoms with E-state index in [1.165, 1.54) is 12.0 Å². The number of carbonyl (C=O) groups excluding carboxylic acids is 2. The average molecular weight is 409 g/mol. The monoisotopic (exact) mass is 409 g/mol. The summed E-state index contributed by atoms with van der Waals surface area (Å²) in [5.74, 6) is -0.746. The number of methoxy groups -OCH3 is 1. The number of benzene rings is 2. The number of Topliss-reactive ketones (excluding diaryl/α,β-unsaturated/α-hetero) is 1. The van der Waals surface area contributed by atoms with Gasteiger partial charge in [0, 0.05) is 12.1 Å². The van der Waals surface area contributed by atoms with Crippen molar-refractivity contribution in [3.8, 4) is 11.5 Å². The van der Waals surface area contributed by atoms with E-state index in [0.29, 0.717) is 29.2 Å². The number of ketones is 1. The summed E-state index contributed by atoms with van der Waals surface area (Å²) in [6.07, 6.45) is 1.62. The fourth-order valence-corrected chi connectivity index (χ4v) is 3.40. The maximum Gasteiger partial charge on any atom is 0.295 e. The lowest BCUT2D eigenvalue weighted by atomic mass is 9.95. The van der Waals surface area contributed by atoms with Crippen molar-refractivity contribution in [3.05, 3.63) is 77.9 Å². The molecule has 1 atom stereocenters. The van der Waals surface area contributed by atoms with Crippen molar-refractivity contribution in [1.29, 1.82) is 0 Å². The van der Waals surface area contributed by atoms with Crippen molar-refractivity contribution >= 4 is 17.4 Å². The molecule has 1 heterocycles. The van der Waals surface area contributed by atoms with Gasteiger partial charge in [-0.15, -0.1) is 0 Å². The summed E-state index contributed by atoms with van der Waals surface area (Å²) in [6.45, 7) is 3.57. The molecule has 1 amide bonds. The van der Waals surface area contributed by atoms with Crippen LogP contribution < -0.4 is 9.47 Å². The van der Waals surface area contributed by atoms with Gasteiger partial charge in [-0.25, -0.2) is 0 Å². The molecule has 1 fully saturated rings. The second-order valence-electron chi connectivity index (χ2n) is 6.62. The molecule has 7 nitrogen and oxygen atoms in total. The third-order valence-corrected chi connectivity index (χ3v) is 4.79. The molecule has 1 saturated heterocycles. The molecule has 3 rings (SSSR count). The number of nitrogens with zero attached hydrogens (tertiary/aromatic N) is 1. The van der Waals surface area contributed by atoms with Crippen LogP contribution in [0.15, 0.2) is 66.8 Å². The van der Waals surface area contributed by atoms with Crippen molar-refractivity contribution in [2.45, 2.75) is 6.04 Å². The van der Waals surface area contributed by atoms with Crippen molar-refractivity contribution in [2.75, 3.05) is 26.9 Å². The lowest BCUT2D eigenvalue weighted by Crippen LogP contribution is -2.32. The van der Waals surface area contributed by atoms with Crippen molar-refractivity contribution < 1.29 is 29.3 Å². The predicted octanol–water partition coefficient (Wildman–Crippen LogP) is 2.67. The molecule has 156 valence electrons. The normalized spacial score (nSPS) is 17.8. The first-order valence-electron chi connectivity index (χ1n) is 9.39. The fraction of sp³-hybridized carbons (Fsp3) is 0.217. The molecule has 2 aromatic rings. The number of aliphatic hydroxyl groups excluding tert-OH is 2. The third kappa shape index (κ3) is 4.06. The number of hydrogen-bond donors (Lipinski definition) is 2. The van der Waals surface area contributed by atoms with Gasteiger partial charge in [0.2, 0.25) is 0 Å². The van der Waals surface area contributed by atoms with Gasteiger partial charge in [0.25, 0.3) is 11.7 Å². The standard InChI is InChI=1S/C23H23NO6/c1-3-13-30-17-9-7-15(8-10-17)21(26)19-20(16-5-4-6-18(14-16)29-2)24(11-12-25)23(28)22(19)27/h3-10,14,20,25-26H,1,11-13H2,2H3/b21-19+. The highest BCUT2D eigenvalue weighted by atomic mass is 16.5. The molecule has 0 aliphatic carbocycles. The van der Waals surface area contributed by atoms with E-state index in [1.807, 2.05) is 0 Å². The maximum atomic E-state index is 12.8. The summed E-state index contributed by atoms with van der Waals surface area (Å²) in [4.78, 5) is 26.7. The zero-order valence-electron chi connectivity index (χ0n) is 16.6. The molecule has 0 spiro atoms. The lowest BCUT2D eigenvalue weighted by Gasteiger charge is -2.24. The number of ether oxygens (including phenoxy) is 2. The van der Waals surface area contributed by atoms with Crippen molar-refractivity contribution in [3.63, 3.8) is 0 Å². The largest absolute Gasteiger partial charge is 0.507 e. The van der Waals surface area contributed by atoms with Crippen LogP contribution in [-0.4, -0.2) is 53.7 Å². The molecule has 7 heteroatoms. The van der Waals surface area contributed by atoms with Crippen LogP contribution in [0.4, 0.5) is 0 Å². The highest BCUT2D eigenvalue weighted by molar-refractivity contribution is 6.46. The Hall–Kier alpha value is -3.58. The number of β-amino-alcohol motifs (C(OH)–C–C–N with tert-alkyl or cyclic N) is 1. The molecule has 30 heavy (non-hydrogen) atoms. The van der Waals surface area contributed by atoms with Gasteiger partial charge < -0.3 is 24.6 Å². The van der Waals surface area contributed by atoms with E-state index >= 15 is 0 Å². The average Bonchev–Trinajstić information content (AvgIpc) is 3.03. The summed E-state index contributed by atoms with van der Waals surface area (Å²) >= 11 is 0. The summed E-state index contributed by atoms with van der Waals surface area (Å²) in [5, 5.41) is 20.4. The molecule has 2 aromatic carbocycles. The predicted molar refractivity (Wildman–Crippen MR) is 111 cm³/mol. The van der Waals surface area contributed by atoms with Crippen LogP contribution in [-0.2, 0) is 9.59 Å². The topological polar surface area (TPSA) is 96.3 Å². The Morgan fingerprint density at radius 2 is 1.90 bits per heavy atom. The number of aliphatic hydroxyl groups is 2. The van der Waals surface area contributed by atoms with E-state index in [4.69, 9.17) is 9.47 Å². The molecule has 1 aliphatic rings. The highest BCUT2D eigenvalue weighted by Gasteiger charge is 2.45.